The van der Waals surface area contributed by atoms with Crippen molar-refractivity contribution in [3.05, 3.63) is 48.0 Å². The Morgan fingerprint density at radius 3 is 2.78 bits per heavy atom. The minimum atomic E-state index is -0.101. The number of nitrogens with zero attached hydrogens (tertiary/aromatic N) is 1. The molecule has 0 heterocycles. The molecule has 0 atom stereocenters. The van der Waals surface area contributed by atoms with Crippen LogP contribution in [0.3, 0.4) is 0 Å². The number of rotatable bonds is 7. The number of aryl methyl sites for hydroxylation is 1. The van der Waals surface area contributed by atoms with Gasteiger partial charge >= 0.3 is 0 Å². The molecule has 0 bridgehead atoms. The molecule has 1 amide bonds. The molecule has 1 rings (SSSR count). The van der Waals surface area contributed by atoms with E-state index in [1.165, 1.54) is 17.2 Å². The average Bonchev–Trinajstić information content (AvgIpc) is 2.34. The molecule has 0 aliphatic carbocycles. The lowest BCUT2D eigenvalue weighted by molar-refractivity contribution is -0.116. The molecule has 1 aromatic carbocycles. The maximum absolute atomic E-state index is 11.0. The summed E-state index contributed by atoms with van der Waals surface area (Å²) in [6, 6.07) is 8.60. The monoisotopic (exact) mass is 246 g/mol. The summed E-state index contributed by atoms with van der Waals surface area (Å²) in [6.07, 6.45) is 3.24. The van der Waals surface area contributed by atoms with Gasteiger partial charge in [0.15, 0.2) is 0 Å². The van der Waals surface area contributed by atoms with Crippen molar-refractivity contribution in [2.45, 2.75) is 19.4 Å². The van der Waals surface area contributed by atoms with Crippen LogP contribution in [-0.4, -0.2) is 31.4 Å². The van der Waals surface area contributed by atoms with Crippen LogP contribution in [-0.2, 0) is 17.8 Å². The Labute approximate surface area is 109 Å². The highest BCUT2D eigenvalue weighted by molar-refractivity contribution is 5.86. The van der Waals surface area contributed by atoms with Crippen LogP contribution < -0.4 is 5.32 Å². The van der Waals surface area contributed by atoms with E-state index in [4.69, 9.17) is 0 Å². The molecular weight excluding hydrogens is 224 g/mol. The lowest BCUT2D eigenvalue weighted by Gasteiger charge is -2.11. The molecule has 1 N–H and O–H groups in total. The summed E-state index contributed by atoms with van der Waals surface area (Å²) in [5, 5.41) is 2.78. The number of nitrogens with one attached hydrogen (secondary N) is 1. The Bertz CT molecular complexity index is 399. The lowest BCUT2D eigenvalue weighted by Crippen LogP contribution is -2.22. The van der Waals surface area contributed by atoms with Crippen molar-refractivity contribution >= 4 is 5.91 Å². The largest absolute Gasteiger partial charge is 0.353 e. The second-order valence-electron chi connectivity index (χ2n) is 4.66. The quantitative estimate of drug-likeness (QED) is 0.589. The first-order valence-corrected chi connectivity index (χ1v) is 6.24. The van der Waals surface area contributed by atoms with Crippen molar-refractivity contribution in [3.8, 4) is 0 Å². The first kappa shape index (κ1) is 14.5. The standard InChI is InChI=1S/C15H22N2O/c1-4-15(18)16-10-6-9-13-7-5-8-14(11-13)12-17(2)3/h4-5,7-8,11H,1,6,9-10,12H2,2-3H3,(H,16,18). The fourth-order valence-corrected chi connectivity index (χ4v) is 1.82. The SMILES string of the molecule is C=CC(=O)NCCCc1cccc(CN(C)C)c1. The molecule has 0 fully saturated rings. The first-order chi connectivity index (χ1) is 8.61. The van der Waals surface area contributed by atoms with E-state index in [1.807, 2.05) is 0 Å². The van der Waals surface area contributed by atoms with Gasteiger partial charge < -0.3 is 10.2 Å². The Morgan fingerprint density at radius 2 is 2.11 bits per heavy atom. The zero-order valence-corrected chi connectivity index (χ0v) is 11.3. The summed E-state index contributed by atoms with van der Waals surface area (Å²) in [4.78, 5) is 13.1. The summed E-state index contributed by atoms with van der Waals surface area (Å²) in [6.45, 7) is 5.08. The molecule has 0 unspecified atom stereocenters. The van der Waals surface area contributed by atoms with Crippen molar-refractivity contribution in [2.24, 2.45) is 0 Å². The summed E-state index contributed by atoms with van der Waals surface area (Å²) >= 11 is 0. The van der Waals surface area contributed by atoms with E-state index in [9.17, 15) is 4.79 Å². The third-order valence-electron chi connectivity index (χ3n) is 2.62. The highest BCUT2D eigenvalue weighted by atomic mass is 16.1. The maximum Gasteiger partial charge on any atom is 0.243 e. The summed E-state index contributed by atoms with van der Waals surface area (Å²) in [5.74, 6) is -0.101. The van der Waals surface area contributed by atoms with Crippen molar-refractivity contribution in [3.63, 3.8) is 0 Å². The summed E-state index contributed by atoms with van der Waals surface area (Å²) in [5.41, 5.74) is 2.65. The normalized spacial score (nSPS) is 10.4. The van der Waals surface area contributed by atoms with E-state index >= 15 is 0 Å². The van der Waals surface area contributed by atoms with Gasteiger partial charge in [0.05, 0.1) is 0 Å². The zero-order chi connectivity index (χ0) is 13.4. The summed E-state index contributed by atoms with van der Waals surface area (Å²) < 4.78 is 0. The van der Waals surface area contributed by atoms with Gasteiger partial charge in [-0.05, 0) is 44.1 Å². The molecule has 0 spiro atoms. The van der Waals surface area contributed by atoms with Gasteiger partial charge in [-0.2, -0.15) is 0 Å². The third-order valence-corrected chi connectivity index (χ3v) is 2.62. The van der Waals surface area contributed by atoms with Crippen LogP contribution in [0.4, 0.5) is 0 Å². The molecular formula is C15H22N2O. The van der Waals surface area contributed by atoms with Gasteiger partial charge in [-0.15, -0.1) is 0 Å². The van der Waals surface area contributed by atoms with Gasteiger partial charge in [-0.25, -0.2) is 0 Å². The minimum absolute atomic E-state index is 0.101. The Morgan fingerprint density at radius 1 is 1.39 bits per heavy atom. The Hall–Kier alpha value is -1.61. The van der Waals surface area contributed by atoms with Crippen LogP contribution >= 0.6 is 0 Å². The first-order valence-electron chi connectivity index (χ1n) is 6.24. The Balaban J connectivity index is 2.38. The van der Waals surface area contributed by atoms with Gasteiger partial charge in [0.2, 0.25) is 5.91 Å². The van der Waals surface area contributed by atoms with Gasteiger partial charge in [-0.3, -0.25) is 4.79 Å². The van der Waals surface area contributed by atoms with Gasteiger partial charge in [0.1, 0.15) is 0 Å². The molecule has 1 aromatic rings. The second-order valence-corrected chi connectivity index (χ2v) is 4.66. The fourth-order valence-electron chi connectivity index (χ4n) is 1.82. The highest BCUT2D eigenvalue weighted by Crippen LogP contribution is 2.08. The molecule has 0 aliphatic heterocycles. The molecule has 0 aliphatic rings. The highest BCUT2D eigenvalue weighted by Gasteiger charge is 1.99. The van der Waals surface area contributed by atoms with Crippen LogP contribution in [0.1, 0.15) is 17.5 Å². The maximum atomic E-state index is 11.0. The third kappa shape index (κ3) is 5.64. The van der Waals surface area contributed by atoms with E-state index in [-0.39, 0.29) is 5.91 Å². The zero-order valence-electron chi connectivity index (χ0n) is 11.3. The van der Waals surface area contributed by atoms with Crippen molar-refractivity contribution < 1.29 is 4.79 Å². The van der Waals surface area contributed by atoms with Gasteiger partial charge in [0, 0.05) is 13.1 Å². The topological polar surface area (TPSA) is 32.3 Å². The molecule has 0 aromatic heterocycles. The molecule has 98 valence electrons. The number of hydrogen-bond donors (Lipinski definition) is 1. The molecule has 0 saturated heterocycles. The van der Waals surface area contributed by atoms with Crippen molar-refractivity contribution in [2.75, 3.05) is 20.6 Å². The van der Waals surface area contributed by atoms with Crippen LogP contribution in [0.15, 0.2) is 36.9 Å². The number of amides is 1. The van der Waals surface area contributed by atoms with Crippen LogP contribution in [0, 0.1) is 0 Å². The minimum Gasteiger partial charge on any atom is -0.353 e. The second kappa shape index (κ2) is 7.67. The van der Waals surface area contributed by atoms with E-state index in [1.54, 1.807) is 0 Å². The molecule has 18 heavy (non-hydrogen) atoms. The smallest absolute Gasteiger partial charge is 0.243 e. The molecule has 0 radical (unpaired) electrons. The van der Waals surface area contributed by atoms with E-state index in [0.29, 0.717) is 6.54 Å². The number of carbonyl (C=O) groups excluding carboxylic acids is 1. The summed E-state index contributed by atoms with van der Waals surface area (Å²) in [7, 11) is 4.13. The van der Waals surface area contributed by atoms with Crippen molar-refractivity contribution in [1.29, 1.82) is 0 Å². The van der Waals surface area contributed by atoms with Crippen LogP contribution in [0.5, 0.6) is 0 Å². The molecule has 0 saturated carbocycles. The Kier molecular flexibility index (Phi) is 6.15. The number of hydrogen-bond acceptors (Lipinski definition) is 2. The number of carbonyl (C=O) groups is 1. The predicted octanol–water partition coefficient (Wildman–Crippen LogP) is 1.98. The van der Waals surface area contributed by atoms with E-state index < -0.39 is 0 Å². The van der Waals surface area contributed by atoms with Crippen LogP contribution in [0.25, 0.3) is 0 Å². The van der Waals surface area contributed by atoms with Crippen LogP contribution in [0.2, 0.25) is 0 Å². The van der Waals surface area contributed by atoms with Gasteiger partial charge in [-0.1, -0.05) is 30.8 Å². The predicted molar refractivity (Wildman–Crippen MR) is 75.4 cm³/mol. The van der Waals surface area contributed by atoms with Gasteiger partial charge in [0.25, 0.3) is 0 Å². The number of benzene rings is 1. The molecule has 3 nitrogen and oxygen atoms in total. The van der Waals surface area contributed by atoms with Crippen molar-refractivity contribution in [1.82, 2.24) is 10.2 Å². The lowest BCUT2D eigenvalue weighted by atomic mass is 10.1. The fraction of sp³-hybridized carbons (Fsp3) is 0.400. The average molecular weight is 246 g/mol. The van der Waals surface area contributed by atoms with E-state index in [0.717, 1.165) is 19.4 Å². The molecule has 3 heteroatoms. The van der Waals surface area contributed by atoms with E-state index in [2.05, 4.69) is 55.2 Å².